The Morgan fingerprint density at radius 2 is 1.68 bits per heavy atom. The van der Waals surface area contributed by atoms with Gasteiger partial charge in [-0.05, 0) is 56.3 Å². The molecule has 1 aliphatic heterocycles. The van der Waals surface area contributed by atoms with Gasteiger partial charge in [-0.25, -0.2) is 4.79 Å². The van der Waals surface area contributed by atoms with Crippen molar-refractivity contribution in [1.29, 1.82) is 0 Å². The van der Waals surface area contributed by atoms with Crippen molar-refractivity contribution in [3.05, 3.63) is 64.9 Å². The van der Waals surface area contributed by atoms with Crippen LogP contribution in [0.15, 0.2) is 59.3 Å². The molecule has 0 radical (unpaired) electrons. The lowest BCUT2D eigenvalue weighted by atomic mass is 10.0. The predicted octanol–water partition coefficient (Wildman–Crippen LogP) is 3.98. The fourth-order valence-electron chi connectivity index (χ4n) is 3.44. The van der Waals surface area contributed by atoms with Crippen molar-refractivity contribution < 1.29 is 28.5 Å². The monoisotopic (exact) mass is 423 g/mol. The van der Waals surface area contributed by atoms with Crippen LogP contribution in [0, 0.1) is 0 Å². The van der Waals surface area contributed by atoms with Crippen LogP contribution in [-0.4, -0.2) is 39.8 Å². The molecule has 0 N–H and O–H groups in total. The minimum Gasteiger partial charge on any atom is -0.497 e. The second kappa shape index (κ2) is 9.38. The smallest absolute Gasteiger partial charge is 0.340 e. The molecule has 7 heteroatoms. The highest BCUT2D eigenvalue weighted by molar-refractivity contribution is 6.23. The van der Waals surface area contributed by atoms with Crippen molar-refractivity contribution in [1.82, 2.24) is 0 Å². The summed E-state index contributed by atoms with van der Waals surface area (Å²) < 4.78 is 21.1. The molecule has 0 unspecified atom stereocenters. The number of allylic oxidation sites excluding steroid dienone is 1. The van der Waals surface area contributed by atoms with Gasteiger partial charge < -0.3 is 18.9 Å². The summed E-state index contributed by atoms with van der Waals surface area (Å²) in [6, 6.07) is 12.4. The van der Waals surface area contributed by atoms with E-state index in [1.165, 1.54) is 19.1 Å². The standard InChI is InChI=1S/C24H25NO6/c1-6-31-18-11-8-17(9-12-18)25-15(2)22(24(27)30-5)20(23(25)26)13-16-7-10-19(28-3)14-21(16)29-4/h7-14H,6H2,1-5H3/b20-13-. The molecule has 0 saturated carbocycles. The maximum atomic E-state index is 13.4. The van der Waals surface area contributed by atoms with Gasteiger partial charge >= 0.3 is 5.97 Å². The van der Waals surface area contributed by atoms with Crippen LogP contribution in [0.4, 0.5) is 5.69 Å². The summed E-state index contributed by atoms with van der Waals surface area (Å²) in [7, 11) is 4.38. The maximum Gasteiger partial charge on any atom is 0.340 e. The van der Waals surface area contributed by atoms with Gasteiger partial charge in [-0.1, -0.05) is 0 Å². The third kappa shape index (κ3) is 4.26. The molecule has 3 rings (SSSR count). The Labute approximate surface area is 181 Å². The van der Waals surface area contributed by atoms with E-state index in [0.717, 1.165) is 0 Å². The van der Waals surface area contributed by atoms with Gasteiger partial charge in [0.1, 0.15) is 17.2 Å². The van der Waals surface area contributed by atoms with Gasteiger partial charge in [0.15, 0.2) is 0 Å². The van der Waals surface area contributed by atoms with Crippen LogP contribution >= 0.6 is 0 Å². The van der Waals surface area contributed by atoms with Gasteiger partial charge in [0, 0.05) is 23.0 Å². The molecule has 0 spiro atoms. The summed E-state index contributed by atoms with van der Waals surface area (Å²) in [5.74, 6) is 0.915. The second-order valence-electron chi connectivity index (χ2n) is 6.69. The Morgan fingerprint density at radius 1 is 1.00 bits per heavy atom. The third-order valence-electron chi connectivity index (χ3n) is 4.94. The summed E-state index contributed by atoms with van der Waals surface area (Å²) in [4.78, 5) is 27.5. The Bertz CT molecular complexity index is 1050. The van der Waals surface area contributed by atoms with Crippen LogP contribution in [0.25, 0.3) is 6.08 Å². The first-order valence-electron chi connectivity index (χ1n) is 9.75. The molecule has 0 atom stereocenters. The van der Waals surface area contributed by atoms with Crippen molar-refractivity contribution in [2.24, 2.45) is 0 Å². The van der Waals surface area contributed by atoms with Gasteiger partial charge in [0.25, 0.3) is 5.91 Å². The van der Waals surface area contributed by atoms with E-state index in [-0.39, 0.29) is 17.1 Å². The highest BCUT2D eigenvalue weighted by Crippen LogP contribution is 2.37. The third-order valence-corrected chi connectivity index (χ3v) is 4.94. The lowest BCUT2D eigenvalue weighted by Gasteiger charge is -2.18. The largest absolute Gasteiger partial charge is 0.497 e. The first-order valence-corrected chi connectivity index (χ1v) is 9.75. The number of carbonyl (C=O) groups is 2. The minimum absolute atomic E-state index is 0.208. The van der Waals surface area contributed by atoms with Crippen molar-refractivity contribution in [2.45, 2.75) is 13.8 Å². The SMILES string of the molecule is CCOc1ccc(N2C(=O)/C(=C\c3ccc(OC)cc3OC)C(C(=O)OC)=C2C)cc1. The highest BCUT2D eigenvalue weighted by Gasteiger charge is 2.38. The van der Waals surface area contributed by atoms with E-state index < -0.39 is 5.97 Å². The number of rotatable bonds is 7. The Kier molecular flexibility index (Phi) is 6.65. The lowest BCUT2D eigenvalue weighted by molar-refractivity contribution is -0.136. The number of nitrogens with zero attached hydrogens (tertiary/aromatic N) is 1. The molecule has 2 aromatic carbocycles. The van der Waals surface area contributed by atoms with Crippen LogP contribution in [0.3, 0.4) is 0 Å². The predicted molar refractivity (Wildman–Crippen MR) is 117 cm³/mol. The number of carbonyl (C=O) groups excluding carboxylic acids is 2. The molecule has 1 heterocycles. The number of methoxy groups -OCH3 is 3. The van der Waals surface area contributed by atoms with E-state index in [0.29, 0.717) is 40.8 Å². The van der Waals surface area contributed by atoms with Crippen LogP contribution in [0.5, 0.6) is 17.2 Å². The van der Waals surface area contributed by atoms with Crippen molar-refractivity contribution in [3.63, 3.8) is 0 Å². The molecule has 1 amide bonds. The number of ether oxygens (including phenoxy) is 4. The molecule has 31 heavy (non-hydrogen) atoms. The van der Waals surface area contributed by atoms with Crippen LogP contribution < -0.4 is 19.1 Å². The highest BCUT2D eigenvalue weighted by atomic mass is 16.5. The number of benzene rings is 2. The molecule has 2 aromatic rings. The molecular weight excluding hydrogens is 398 g/mol. The summed E-state index contributed by atoms with van der Waals surface area (Å²) in [6.07, 6.45) is 1.63. The molecule has 0 saturated heterocycles. The Morgan fingerprint density at radius 3 is 2.26 bits per heavy atom. The Balaban J connectivity index is 2.09. The van der Waals surface area contributed by atoms with Crippen LogP contribution in [-0.2, 0) is 14.3 Å². The normalized spacial score (nSPS) is 14.8. The molecule has 162 valence electrons. The molecule has 1 aliphatic rings. The first-order chi connectivity index (χ1) is 14.9. The number of hydrogen-bond acceptors (Lipinski definition) is 6. The average Bonchev–Trinajstić information content (AvgIpc) is 3.03. The van der Waals surface area contributed by atoms with Gasteiger partial charge in [0.05, 0.1) is 39.1 Å². The van der Waals surface area contributed by atoms with Crippen molar-refractivity contribution in [2.75, 3.05) is 32.8 Å². The minimum atomic E-state index is -0.585. The Hall–Kier alpha value is -3.74. The van der Waals surface area contributed by atoms with Gasteiger partial charge in [-0.15, -0.1) is 0 Å². The quantitative estimate of drug-likeness (QED) is 0.495. The van der Waals surface area contributed by atoms with Crippen LogP contribution in [0.2, 0.25) is 0 Å². The van der Waals surface area contributed by atoms with E-state index in [2.05, 4.69) is 0 Å². The zero-order valence-corrected chi connectivity index (χ0v) is 18.2. The first kappa shape index (κ1) is 22.0. The molecule has 7 nitrogen and oxygen atoms in total. The molecule has 0 aliphatic carbocycles. The van der Waals surface area contributed by atoms with E-state index in [1.807, 2.05) is 6.92 Å². The number of anilines is 1. The average molecular weight is 423 g/mol. The number of esters is 1. The van der Waals surface area contributed by atoms with Gasteiger partial charge in [-0.3, -0.25) is 9.69 Å². The summed E-state index contributed by atoms with van der Waals surface area (Å²) >= 11 is 0. The summed E-state index contributed by atoms with van der Waals surface area (Å²) in [6.45, 7) is 4.16. The molecule has 0 fully saturated rings. The fraction of sp³-hybridized carbons (Fsp3) is 0.250. The number of amides is 1. The van der Waals surface area contributed by atoms with E-state index in [9.17, 15) is 9.59 Å². The van der Waals surface area contributed by atoms with Crippen molar-refractivity contribution >= 4 is 23.6 Å². The van der Waals surface area contributed by atoms with Crippen molar-refractivity contribution in [3.8, 4) is 17.2 Å². The van der Waals surface area contributed by atoms with Crippen LogP contribution in [0.1, 0.15) is 19.4 Å². The van der Waals surface area contributed by atoms with E-state index in [1.54, 1.807) is 62.6 Å². The second-order valence-corrected chi connectivity index (χ2v) is 6.69. The zero-order chi connectivity index (χ0) is 22.5. The lowest BCUT2D eigenvalue weighted by Crippen LogP contribution is -2.24. The van der Waals surface area contributed by atoms with E-state index >= 15 is 0 Å². The van der Waals surface area contributed by atoms with Gasteiger partial charge in [-0.2, -0.15) is 0 Å². The summed E-state index contributed by atoms with van der Waals surface area (Å²) in [5.41, 5.74) is 2.17. The van der Waals surface area contributed by atoms with Gasteiger partial charge in [0.2, 0.25) is 0 Å². The molecule has 0 aromatic heterocycles. The zero-order valence-electron chi connectivity index (χ0n) is 18.2. The molecule has 0 bridgehead atoms. The fourth-order valence-corrected chi connectivity index (χ4v) is 3.44. The van der Waals surface area contributed by atoms with E-state index in [4.69, 9.17) is 18.9 Å². The topological polar surface area (TPSA) is 74.3 Å². The number of hydrogen-bond donors (Lipinski definition) is 0. The maximum absolute atomic E-state index is 13.4. The summed E-state index contributed by atoms with van der Waals surface area (Å²) in [5, 5.41) is 0. The molecular formula is C24H25NO6.